The zero-order valence-corrected chi connectivity index (χ0v) is 19.4. The lowest BCUT2D eigenvalue weighted by atomic mass is 9.83. The third kappa shape index (κ3) is 4.06. The molecule has 1 atom stereocenters. The summed E-state index contributed by atoms with van der Waals surface area (Å²) in [4.78, 5) is 31.6. The first-order valence-electron chi connectivity index (χ1n) is 11.7. The van der Waals surface area contributed by atoms with Gasteiger partial charge in [0.05, 0.1) is 36.8 Å². The molecule has 9 heteroatoms. The van der Waals surface area contributed by atoms with Crippen molar-refractivity contribution in [2.24, 2.45) is 11.3 Å². The molecule has 0 radical (unpaired) electrons. The summed E-state index contributed by atoms with van der Waals surface area (Å²) >= 11 is 0. The van der Waals surface area contributed by atoms with E-state index >= 15 is 0 Å². The molecule has 1 aliphatic carbocycles. The molecule has 35 heavy (non-hydrogen) atoms. The van der Waals surface area contributed by atoms with Crippen LogP contribution in [-0.4, -0.2) is 44.8 Å². The van der Waals surface area contributed by atoms with Gasteiger partial charge >= 0.3 is 0 Å². The SMILES string of the molecule is CC(=O)Nc1cccc(-c2cnn(CCO)c2)c1-c1cc(N2CC[C@@](C#N)(C3CC3)C2=O)ccn1. The molecule has 9 nitrogen and oxygen atoms in total. The monoisotopic (exact) mass is 470 g/mol. The standard InChI is InChI=1S/C26H26N6O3/c1-17(34)30-22-4-2-3-21(18-14-29-31(15-18)11-12-33)24(22)23-13-20(7-9-28-23)32-10-8-26(16-27,25(32)35)19-5-6-19/h2-4,7,9,13-15,19,33H,5-6,8,10-12H2,1H3,(H,30,34)/t26-/m1/s1. The molecule has 3 heterocycles. The van der Waals surface area contributed by atoms with Crippen molar-refractivity contribution >= 4 is 23.2 Å². The first-order valence-corrected chi connectivity index (χ1v) is 11.7. The van der Waals surface area contributed by atoms with Crippen LogP contribution in [-0.2, 0) is 16.1 Å². The predicted molar refractivity (Wildman–Crippen MR) is 130 cm³/mol. The van der Waals surface area contributed by atoms with Gasteiger partial charge in [0, 0.05) is 42.7 Å². The molecule has 0 spiro atoms. The number of benzene rings is 1. The van der Waals surface area contributed by atoms with Crippen LogP contribution in [0, 0.1) is 22.7 Å². The highest BCUT2D eigenvalue weighted by molar-refractivity contribution is 6.03. The number of carbonyl (C=O) groups excluding carboxylic acids is 2. The normalized spacial score (nSPS) is 19.6. The Kier molecular flexibility index (Phi) is 5.83. The number of aromatic nitrogens is 3. The van der Waals surface area contributed by atoms with Crippen LogP contribution in [0.15, 0.2) is 48.9 Å². The van der Waals surface area contributed by atoms with Gasteiger partial charge in [0.15, 0.2) is 0 Å². The van der Waals surface area contributed by atoms with E-state index in [-0.39, 0.29) is 24.3 Å². The Morgan fingerprint density at radius 3 is 2.89 bits per heavy atom. The predicted octanol–water partition coefficient (Wildman–Crippen LogP) is 3.22. The lowest BCUT2D eigenvalue weighted by Gasteiger charge is -2.22. The lowest BCUT2D eigenvalue weighted by Crippen LogP contribution is -2.35. The van der Waals surface area contributed by atoms with Crippen molar-refractivity contribution in [3.05, 3.63) is 48.9 Å². The summed E-state index contributed by atoms with van der Waals surface area (Å²) in [6, 6.07) is 11.5. The Balaban J connectivity index is 1.58. The molecule has 1 aromatic carbocycles. The minimum Gasteiger partial charge on any atom is -0.394 e. The molecule has 1 aliphatic heterocycles. The summed E-state index contributed by atoms with van der Waals surface area (Å²) in [5.74, 6) is -0.206. The van der Waals surface area contributed by atoms with Crippen molar-refractivity contribution < 1.29 is 14.7 Å². The van der Waals surface area contributed by atoms with E-state index in [2.05, 4.69) is 21.5 Å². The van der Waals surface area contributed by atoms with Gasteiger partial charge in [0.2, 0.25) is 11.8 Å². The van der Waals surface area contributed by atoms with E-state index < -0.39 is 5.41 Å². The first-order chi connectivity index (χ1) is 17.0. The summed E-state index contributed by atoms with van der Waals surface area (Å²) in [5.41, 5.74) is 3.25. The van der Waals surface area contributed by atoms with E-state index in [1.54, 1.807) is 28.0 Å². The van der Waals surface area contributed by atoms with Crippen LogP contribution in [0.2, 0.25) is 0 Å². The summed E-state index contributed by atoms with van der Waals surface area (Å²) < 4.78 is 1.65. The average Bonchev–Trinajstić information content (AvgIpc) is 3.51. The van der Waals surface area contributed by atoms with E-state index in [1.807, 2.05) is 30.5 Å². The van der Waals surface area contributed by atoms with Crippen LogP contribution < -0.4 is 10.2 Å². The van der Waals surface area contributed by atoms with Crippen molar-refractivity contribution in [3.63, 3.8) is 0 Å². The van der Waals surface area contributed by atoms with Gasteiger partial charge in [0.1, 0.15) is 5.41 Å². The second kappa shape index (κ2) is 8.96. The number of aliphatic hydroxyl groups excluding tert-OH is 1. The van der Waals surface area contributed by atoms with E-state index in [0.717, 1.165) is 24.0 Å². The molecule has 3 aromatic rings. The number of aliphatic hydroxyl groups is 1. The van der Waals surface area contributed by atoms with Crippen LogP contribution in [0.4, 0.5) is 11.4 Å². The molecule has 2 amide bonds. The number of nitrogens with zero attached hydrogens (tertiary/aromatic N) is 5. The number of nitrogens with one attached hydrogen (secondary N) is 1. The van der Waals surface area contributed by atoms with Gasteiger partial charge in [-0.2, -0.15) is 10.4 Å². The van der Waals surface area contributed by atoms with E-state index in [4.69, 9.17) is 0 Å². The maximum Gasteiger partial charge on any atom is 0.247 e. The first kappa shape index (κ1) is 22.7. The van der Waals surface area contributed by atoms with Crippen molar-refractivity contribution in [3.8, 4) is 28.5 Å². The minimum atomic E-state index is -0.927. The number of nitriles is 1. The number of hydrogen-bond acceptors (Lipinski definition) is 6. The summed E-state index contributed by atoms with van der Waals surface area (Å²) in [6.07, 6.45) is 7.56. The molecule has 2 aliphatic rings. The Bertz CT molecular complexity index is 1340. The van der Waals surface area contributed by atoms with Gasteiger partial charge < -0.3 is 15.3 Å². The molecule has 1 saturated carbocycles. The number of anilines is 2. The highest BCUT2D eigenvalue weighted by Crippen LogP contribution is 2.52. The fourth-order valence-corrected chi connectivity index (χ4v) is 4.95. The van der Waals surface area contributed by atoms with Gasteiger partial charge in [0.25, 0.3) is 0 Å². The van der Waals surface area contributed by atoms with Gasteiger partial charge in [-0.05, 0) is 48.9 Å². The highest BCUT2D eigenvalue weighted by Gasteiger charge is 2.56. The van der Waals surface area contributed by atoms with Crippen LogP contribution >= 0.6 is 0 Å². The molecule has 0 bridgehead atoms. The largest absolute Gasteiger partial charge is 0.394 e. The minimum absolute atomic E-state index is 0.0293. The second-order valence-electron chi connectivity index (χ2n) is 9.09. The van der Waals surface area contributed by atoms with Crippen molar-refractivity contribution in [1.82, 2.24) is 14.8 Å². The maximum atomic E-state index is 13.3. The Hall–Kier alpha value is -4.03. The fraction of sp³-hybridized carbons (Fsp3) is 0.346. The zero-order chi connectivity index (χ0) is 24.6. The fourth-order valence-electron chi connectivity index (χ4n) is 4.95. The van der Waals surface area contributed by atoms with E-state index in [9.17, 15) is 20.0 Å². The number of hydrogen-bond donors (Lipinski definition) is 2. The Morgan fingerprint density at radius 1 is 1.34 bits per heavy atom. The number of rotatable bonds is 7. The molecule has 1 saturated heterocycles. The number of pyridine rings is 1. The molecular weight excluding hydrogens is 444 g/mol. The summed E-state index contributed by atoms with van der Waals surface area (Å²) in [6.45, 7) is 2.27. The zero-order valence-electron chi connectivity index (χ0n) is 19.4. The van der Waals surface area contributed by atoms with Crippen LogP contribution in [0.3, 0.4) is 0 Å². The molecule has 178 valence electrons. The molecule has 2 fully saturated rings. The third-order valence-corrected chi connectivity index (χ3v) is 6.79. The second-order valence-corrected chi connectivity index (χ2v) is 9.09. The van der Waals surface area contributed by atoms with Crippen LogP contribution in [0.1, 0.15) is 26.2 Å². The molecular formula is C26H26N6O3. The lowest BCUT2D eigenvalue weighted by molar-refractivity contribution is -0.123. The average molecular weight is 471 g/mol. The number of amides is 2. The molecule has 5 rings (SSSR count). The smallest absolute Gasteiger partial charge is 0.247 e. The Morgan fingerprint density at radius 2 is 2.17 bits per heavy atom. The maximum absolute atomic E-state index is 13.3. The number of carbonyl (C=O) groups is 2. The summed E-state index contributed by atoms with van der Waals surface area (Å²) in [5, 5.41) is 26.3. The van der Waals surface area contributed by atoms with Gasteiger partial charge in [-0.15, -0.1) is 0 Å². The van der Waals surface area contributed by atoms with E-state index in [0.29, 0.717) is 42.1 Å². The topological polar surface area (TPSA) is 124 Å². The van der Waals surface area contributed by atoms with Crippen molar-refractivity contribution in [2.45, 2.75) is 32.7 Å². The molecule has 0 unspecified atom stereocenters. The third-order valence-electron chi connectivity index (χ3n) is 6.79. The van der Waals surface area contributed by atoms with Gasteiger partial charge in [-0.1, -0.05) is 12.1 Å². The van der Waals surface area contributed by atoms with Crippen LogP contribution in [0.25, 0.3) is 22.4 Å². The quantitative estimate of drug-likeness (QED) is 0.546. The molecule has 2 aromatic heterocycles. The van der Waals surface area contributed by atoms with Crippen LogP contribution in [0.5, 0.6) is 0 Å². The summed E-state index contributed by atoms with van der Waals surface area (Å²) in [7, 11) is 0. The van der Waals surface area contributed by atoms with Crippen molar-refractivity contribution in [2.75, 3.05) is 23.4 Å². The van der Waals surface area contributed by atoms with Gasteiger partial charge in [-0.3, -0.25) is 19.3 Å². The van der Waals surface area contributed by atoms with E-state index in [1.165, 1.54) is 6.92 Å². The molecule has 2 N–H and O–H groups in total. The highest BCUT2D eigenvalue weighted by atomic mass is 16.3. The van der Waals surface area contributed by atoms with Gasteiger partial charge in [-0.25, -0.2) is 0 Å². The Labute approximate surface area is 203 Å². The van der Waals surface area contributed by atoms with Crippen molar-refractivity contribution in [1.29, 1.82) is 5.26 Å².